The van der Waals surface area contributed by atoms with Crippen molar-refractivity contribution in [1.82, 2.24) is 9.97 Å². The first kappa shape index (κ1) is 12.8. The number of nitrogens with zero attached hydrogens (tertiary/aromatic N) is 3. The van der Waals surface area contributed by atoms with Gasteiger partial charge in [-0.05, 0) is 18.5 Å². The lowest BCUT2D eigenvalue weighted by Crippen LogP contribution is -2.58. The number of aliphatic hydroxyl groups is 1. The molecule has 7 heteroatoms. The third-order valence-corrected chi connectivity index (χ3v) is 3.16. The molecule has 1 aromatic rings. The van der Waals surface area contributed by atoms with Crippen molar-refractivity contribution in [3.05, 3.63) is 16.5 Å². The fourth-order valence-electron chi connectivity index (χ4n) is 1.83. The summed E-state index contributed by atoms with van der Waals surface area (Å²) in [6.07, 6.45) is 0. The lowest BCUT2D eigenvalue weighted by molar-refractivity contribution is 0.0293. The van der Waals surface area contributed by atoms with Crippen molar-refractivity contribution in [3.63, 3.8) is 0 Å². The minimum Gasteiger partial charge on any atom is -0.394 e. The molecule has 1 unspecified atom stereocenters. The van der Waals surface area contributed by atoms with Gasteiger partial charge in [0.05, 0.1) is 25.4 Å². The topological polar surface area (TPSA) is 58.5 Å². The molecule has 17 heavy (non-hydrogen) atoms. The number of hydrogen-bond acceptors (Lipinski definition) is 5. The molecule has 1 aliphatic heterocycles. The largest absolute Gasteiger partial charge is 0.394 e. The van der Waals surface area contributed by atoms with Gasteiger partial charge in [0.2, 0.25) is 5.28 Å². The molecule has 0 spiro atoms. The molecule has 1 saturated heterocycles. The standard InChI is InChI=1S/C10H13Cl2N3O2/c1-10(5-16)6-17-3-2-15(10)8-4-7(11)13-9(12)14-8/h4,16H,2-3,5-6H2,1H3. The van der Waals surface area contributed by atoms with E-state index in [1.54, 1.807) is 6.07 Å². The molecule has 1 N–H and O–H groups in total. The van der Waals surface area contributed by atoms with Crippen molar-refractivity contribution < 1.29 is 9.84 Å². The van der Waals surface area contributed by atoms with Crippen LogP contribution >= 0.6 is 23.2 Å². The number of ether oxygens (including phenoxy) is 1. The molecule has 0 saturated carbocycles. The minimum absolute atomic E-state index is 0.0355. The van der Waals surface area contributed by atoms with Crippen LogP contribution in [0.1, 0.15) is 6.92 Å². The number of halogens is 2. The fraction of sp³-hybridized carbons (Fsp3) is 0.600. The maximum Gasteiger partial charge on any atom is 0.225 e. The summed E-state index contributed by atoms with van der Waals surface area (Å²) in [5.41, 5.74) is -0.515. The van der Waals surface area contributed by atoms with Gasteiger partial charge in [-0.15, -0.1) is 0 Å². The summed E-state index contributed by atoms with van der Waals surface area (Å²) < 4.78 is 5.38. The Bertz CT molecular complexity index is 398. The third kappa shape index (κ3) is 2.63. The SMILES string of the molecule is CC1(CO)COCCN1c1cc(Cl)nc(Cl)n1. The minimum atomic E-state index is -0.515. The third-order valence-electron chi connectivity index (χ3n) is 2.80. The highest BCUT2D eigenvalue weighted by Crippen LogP contribution is 2.27. The Morgan fingerprint density at radius 1 is 1.53 bits per heavy atom. The van der Waals surface area contributed by atoms with Crippen molar-refractivity contribution in [2.24, 2.45) is 0 Å². The fourth-order valence-corrected chi connectivity index (χ4v) is 2.23. The molecule has 0 aromatic carbocycles. The average molecular weight is 278 g/mol. The Hall–Kier alpha value is -0.620. The van der Waals surface area contributed by atoms with E-state index in [4.69, 9.17) is 27.9 Å². The van der Waals surface area contributed by atoms with E-state index in [1.165, 1.54) is 0 Å². The van der Waals surface area contributed by atoms with Crippen LogP contribution in [0.25, 0.3) is 0 Å². The number of morpholine rings is 1. The van der Waals surface area contributed by atoms with Gasteiger partial charge in [-0.1, -0.05) is 11.6 Å². The molecule has 2 heterocycles. The molecule has 0 radical (unpaired) electrons. The van der Waals surface area contributed by atoms with Crippen molar-refractivity contribution >= 4 is 29.0 Å². The van der Waals surface area contributed by atoms with Crippen LogP contribution in [0.5, 0.6) is 0 Å². The second-order valence-corrected chi connectivity index (χ2v) is 4.90. The van der Waals surface area contributed by atoms with E-state index in [0.717, 1.165) is 0 Å². The van der Waals surface area contributed by atoms with Gasteiger partial charge in [-0.3, -0.25) is 0 Å². The highest BCUT2D eigenvalue weighted by atomic mass is 35.5. The molecule has 1 fully saturated rings. The average Bonchev–Trinajstić information content (AvgIpc) is 2.28. The van der Waals surface area contributed by atoms with Crippen molar-refractivity contribution in [2.45, 2.75) is 12.5 Å². The van der Waals surface area contributed by atoms with Gasteiger partial charge in [0.15, 0.2) is 0 Å². The summed E-state index contributed by atoms with van der Waals surface area (Å²) in [5, 5.41) is 9.87. The first-order valence-corrected chi connectivity index (χ1v) is 5.97. The van der Waals surface area contributed by atoms with E-state index in [-0.39, 0.29) is 17.0 Å². The van der Waals surface area contributed by atoms with Crippen LogP contribution < -0.4 is 4.90 Å². The van der Waals surface area contributed by atoms with Crippen LogP contribution in [0.4, 0.5) is 5.82 Å². The van der Waals surface area contributed by atoms with Gasteiger partial charge in [-0.2, -0.15) is 0 Å². The molecule has 5 nitrogen and oxygen atoms in total. The van der Waals surface area contributed by atoms with Crippen LogP contribution in [0.3, 0.4) is 0 Å². The zero-order valence-corrected chi connectivity index (χ0v) is 10.9. The Labute approximate surface area is 109 Å². The van der Waals surface area contributed by atoms with E-state index in [2.05, 4.69) is 9.97 Å². The molecular formula is C10H13Cl2N3O2. The first-order chi connectivity index (χ1) is 8.05. The van der Waals surface area contributed by atoms with E-state index in [9.17, 15) is 5.11 Å². The van der Waals surface area contributed by atoms with Crippen molar-refractivity contribution in [1.29, 1.82) is 0 Å². The number of rotatable bonds is 2. The van der Waals surface area contributed by atoms with Gasteiger partial charge in [-0.25, -0.2) is 9.97 Å². The smallest absolute Gasteiger partial charge is 0.225 e. The summed E-state index contributed by atoms with van der Waals surface area (Å²) >= 11 is 11.6. The summed E-state index contributed by atoms with van der Waals surface area (Å²) in [7, 11) is 0. The molecule has 1 atom stereocenters. The van der Waals surface area contributed by atoms with Gasteiger partial charge >= 0.3 is 0 Å². The summed E-state index contributed by atoms with van der Waals surface area (Å²) in [6.45, 7) is 3.50. The van der Waals surface area contributed by atoms with Crippen LogP contribution in [0.15, 0.2) is 6.07 Å². The van der Waals surface area contributed by atoms with Crippen molar-refractivity contribution in [3.8, 4) is 0 Å². The van der Waals surface area contributed by atoms with Crippen molar-refractivity contribution in [2.75, 3.05) is 31.3 Å². The number of anilines is 1. The maximum absolute atomic E-state index is 9.49. The molecule has 0 bridgehead atoms. The molecular weight excluding hydrogens is 265 g/mol. The normalized spacial score (nSPS) is 25.1. The Kier molecular flexibility index (Phi) is 3.73. The maximum atomic E-state index is 9.49. The highest BCUT2D eigenvalue weighted by Gasteiger charge is 2.35. The highest BCUT2D eigenvalue weighted by molar-refractivity contribution is 6.32. The second-order valence-electron chi connectivity index (χ2n) is 4.18. The lowest BCUT2D eigenvalue weighted by Gasteiger charge is -2.44. The monoisotopic (exact) mass is 277 g/mol. The predicted octanol–water partition coefficient (Wildman–Crippen LogP) is 1.37. The predicted molar refractivity (Wildman–Crippen MR) is 65.7 cm³/mol. The van der Waals surface area contributed by atoms with Gasteiger partial charge in [0, 0.05) is 12.6 Å². The lowest BCUT2D eigenvalue weighted by atomic mass is 10.0. The van der Waals surface area contributed by atoms with E-state index < -0.39 is 5.54 Å². The number of aliphatic hydroxyl groups excluding tert-OH is 1. The zero-order valence-electron chi connectivity index (χ0n) is 9.36. The molecule has 1 aliphatic rings. The number of aromatic nitrogens is 2. The van der Waals surface area contributed by atoms with E-state index >= 15 is 0 Å². The molecule has 94 valence electrons. The molecule has 0 amide bonds. The number of hydrogen-bond donors (Lipinski definition) is 1. The molecule has 0 aliphatic carbocycles. The van der Waals surface area contributed by atoms with Gasteiger partial charge in [0.25, 0.3) is 0 Å². The Morgan fingerprint density at radius 2 is 2.29 bits per heavy atom. The van der Waals surface area contributed by atoms with Gasteiger partial charge in [0.1, 0.15) is 11.0 Å². The summed E-state index contributed by atoms with van der Waals surface area (Å²) in [6, 6.07) is 1.63. The quantitative estimate of drug-likeness (QED) is 0.654. The van der Waals surface area contributed by atoms with Crippen LogP contribution in [0.2, 0.25) is 10.4 Å². The zero-order chi connectivity index (χ0) is 12.5. The van der Waals surface area contributed by atoms with Crippen LogP contribution in [-0.4, -0.2) is 47.0 Å². The summed E-state index contributed by atoms with van der Waals surface area (Å²) in [4.78, 5) is 9.87. The van der Waals surface area contributed by atoms with Crippen LogP contribution in [0, 0.1) is 0 Å². The molecule has 2 rings (SSSR count). The van der Waals surface area contributed by atoms with Gasteiger partial charge < -0.3 is 14.7 Å². The second kappa shape index (κ2) is 4.94. The van der Waals surface area contributed by atoms with Crippen LogP contribution in [-0.2, 0) is 4.74 Å². The van der Waals surface area contributed by atoms with E-state index in [0.29, 0.717) is 25.6 Å². The Morgan fingerprint density at radius 3 is 2.94 bits per heavy atom. The van der Waals surface area contributed by atoms with E-state index in [1.807, 2.05) is 11.8 Å². The Balaban J connectivity index is 2.36. The molecule has 1 aromatic heterocycles. The first-order valence-electron chi connectivity index (χ1n) is 5.21. The summed E-state index contributed by atoms with van der Waals surface area (Å²) in [5.74, 6) is 0.606.